The zero-order chi connectivity index (χ0) is 11.0. The number of hydrogen-bond donors (Lipinski definition) is 1. The molecule has 0 bridgehead atoms. The van der Waals surface area contributed by atoms with E-state index in [1.807, 2.05) is 19.9 Å². The van der Waals surface area contributed by atoms with E-state index in [1.165, 1.54) is 5.57 Å². The predicted octanol–water partition coefficient (Wildman–Crippen LogP) is 2.12. The van der Waals surface area contributed by atoms with Crippen molar-refractivity contribution >= 4 is 0 Å². The Kier molecular flexibility index (Phi) is 6.57. The summed E-state index contributed by atoms with van der Waals surface area (Å²) in [5, 5.41) is 2.93. The van der Waals surface area contributed by atoms with Gasteiger partial charge in [0.2, 0.25) is 0 Å². The van der Waals surface area contributed by atoms with Crippen molar-refractivity contribution in [1.29, 1.82) is 0 Å². The molecule has 0 aliphatic heterocycles. The minimum Gasteiger partial charge on any atom is -0.371 e. The van der Waals surface area contributed by atoms with Crippen LogP contribution in [0.15, 0.2) is 11.6 Å². The fourth-order valence-corrected chi connectivity index (χ4v) is 0.711. The van der Waals surface area contributed by atoms with E-state index in [9.17, 15) is 13.2 Å². The molecule has 0 saturated heterocycles. The van der Waals surface area contributed by atoms with Crippen LogP contribution in [0.25, 0.3) is 0 Å². The van der Waals surface area contributed by atoms with Crippen LogP contribution in [0.4, 0.5) is 13.2 Å². The molecule has 0 amide bonds. The minimum absolute atomic E-state index is 0.0795. The van der Waals surface area contributed by atoms with Gasteiger partial charge < -0.3 is 10.1 Å². The monoisotopic (exact) mass is 211 g/mol. The minimum atomic E-state index is -4.22. The van der Waals surface area contributed by atoms with E-state index in [-0.39, 0.29) is 6.61 Å². The lowest BCUT2D eigenvalue weighted by Crippen LogP contribution is -2.24. The first-order valence-electron chi connectivity index (χ1n) is 4.40. The SMILES string of the molecule is CC(C)=CCNCCOCC(F)(F)F. The molecule has 5 heteroatoms. The highest BCUT2D eigenvalue weighted by Gasteiger charge is 2.26. The molecule has 1 N–H and O–H groups in total. The van der Waals surface area contributed by atoms with E-state index in [2.05, 4.69) is 10.1 Å². The largest absolute Gasteiger partial charge is 0.411 e. The molecule has 0 atom stereocenters. The first kappa shape index (κ1) is 13.4. The van der Waals surface area contributed by atoms with Gasteiger partial charge in [-0.25, -0.2) is 0 Å². The summed E-state index contributed by atoms with van der Waals surface area (Å²) < 4.78 is 39.1. The van der Waals surface area contributed by atoms with E-state index in [4.69, 9.17) is 0 Å². The molecule has 2 nitrogen and oxygen atoms in total. The van der Waals surface area contributed by atoms with Crippen molar-refractivity contribution in [2.24, 2.45) is 0 Å². The molecule has 0 aromatic carbocycles. The van der Waals surface area contributed by atoms with E-state index in [0.29, 0.717) is 13.1 Å². The lowest BCUT2D eigenvalue weighted by Gasteiger charge is -2.07. The smallest absolute Gasteiger partial charge is 0.371 e. The Morgan fingerprint density at radius 1 is 1.36 bits per heavy atom. The van der Waals surface area contributed by atoms with Crippen LogP contribution in [0.3, 0.4) is 0 Å². The van der Waals surface area contributed by atoms with Crippen molar-refractivity contribution in [3.63, 3.8) is 0 Å². The third-order valence-electron chi connectivity index (χ3n) is 1.34. The Balaban J connectivity index is 3.19. The average Bonchev–Trinajstić information content (AvgIpc) is 2.00. The van der Waals surface area contributed by atoms with Gasteiger partial charge in [-0.2, -0.15) is 13.2 Å². The number of ether oxygens (including phenoxy) is 1. The molecule has 0 heterocycles. The third-order valence-corrected chi connectivity index (χ3v) is 1.34. The maximum Gasteiger partial charge on any atom is 0.411 e. The van der Waals surface area contributed by atoms with Crippen molar-refractivity contribution in [2.45, 2.75) is 20.0 Å². The van der Waals surface area contributed by atoms with Gasteiger partial charge in [-0.3, -0.25) is 0 Å². The van der Waals surface area contributed by atoms with Gasteiger partial charge in [0.15, 0.2) is 0 Å². The zero-order valence-corrected chi connectivity index (χ0v) is 8.45. The van der Waals surface area contributed by atoms with Gasteiger partial charge in [-0.15, -0.1) is 0 Å². The predicted molar refractivity (Wildman–Crippen MR) is 49.2 cm³/mol. The van der Waals surface area contributed by atoms with Gasteiger partial charge in [0.05, 0.1) is 6.61 Å². The molecular weight excluding hydrogens is 195 g/mol. The molecule has 0 aromatic heterocycles. The highest BCUT2D eigenvalue weighted by Crippen LogP contribution is 2.13. The normalized spacial score (nSPS) is 11.5. The topological polar surface area (TPSA) is 21.3 Å². The lowest BCUT2D eigenvalue weighted by atomic mass is 10.3. The summed E-state index contributed by atoms with van der Waals surface area (Å²) in [6.07, 6.45) is -2.26. The van der Waals surface area contributed by atoms with Crippen LogP contribution >= 0.6 is 0 Å². The number of nitrogens with one attached hydrogen (secondary N) is 1. The second-order valence-electron chi connectivity index (χ2n) is 3.15. The second kappa shape index (κ2) is 6.84. The van der Waals surface area contributed by atoms with Gasteiger partial charge >= 0.3 is 6.18 Å². The zero-order valence-electron chi connectivity index (χ0n) is 8.45. The summed E-state index contributed by atoms with van der Waals surface area (Å²) in [5.74, 6) is 0. The third kappa shape index (κ3) is 11.4. The fourth-order valence-electron chi connectivity index (χ4n) is 0.711. The standard InChI is InChI=1S/C9H16F3NO/c1-8(2)3-4-13-5-6-14-7-9(10,11)12/h3,13H,4-7H2,1-2H3. The van der Waals surface area contributed by atoms with Gasteiger partial charge in [0, 0.05) is 13.1 Å². The summed E-state index contributed by atoms with van der Waals surface area (Å²) in [7, 11) is 0. The van der Waals surface area contributed by atoms with Crippen LogP contribution in [0.5, 0.6) is 0 Å². The maximum atomic E-state index is 11.6. The number of allylic oxidation sites excluding steroid dienone is 1. The van der Waals surface area contributed by atoms with Crippen LogP contribution in [-0.2, 0) is 4.74 Å². The summed E-state index contributed by atoms with van der Waals surface area (Å²) in [6.45, 7) is 3.93. The summed E-state index contributed by atoms with van der Waals surface area (Å²) >= 11 is 0. The number of halogens is 3. The quantitative estimate of drug-likeness (QED) is 0.536. The van der Waals surface area contributed by atoms with Crippen molar-refractivity contribution in [2.75, 3.05) is 26.3 Å². The molecular formula is C9H16F3NO. The summed E-state index contributed by atoms with van der Waals surface area (Å²) in [6, 6.07) is 0. The average molecular weight is 211 g/mol. The molecule has 14 heavy (non-hydrogen) atoms. The maximum absolute atomic E-state index is 11.6. The van der Waals surface area contributed by atoms with Crippen molar-refractivity contribution < 1.29 is 17.9 Å². The van der Waals surface area contributed by atoms with Gasteiger partial charge in [-0.05, 0) is 13.8 Å². The van der Waals surface area contributed by atoms with Gasteiger partial charge in [0.25, 0.3) is 0 Å². The molecule has 0 saturated carbocycles. The molecule has 0 aliphatic carbocycles. The van der Waals surface area contributed by atoms with Crippen LogP contribution in [0.2, 0.25) is 0 Å². The molecule has 0 rings (SSSR count). The molecule has 0 radical (unpaired) electrons. The molecule has 0 fully saturated rings. The van der Waals surface area contributed by atoms with Crippen LogP contribution in [0.1, 0.15) is 13.8 Å². The highest BCUT2D eigenvalue weighted by molar-refractivity contribution is 4.94. The van der Waals surface area contributed by atoms with Crippen molar-refractivity contribution in [3.05, 3.63) is 11.6 Å². The van der Waals surface area contributed by atoms with E-state index in [0.717, 1.165) is 0 Å². The van der Waals surface area contributed by atoms with Gasteiger partial charge in [0.1, 0.15) is 6.61 Å². The molecule has 0 spiro atoms. The second-order valence-corrected chi connectivity index (χ2v) is 3.15. The van der Waals surface area contributed by atoms with Crippen LogP contribution < -0.4 is 5.32 Å². The molecule has 0 aromatic rings. The Hall–Kier alpha value is -0.550. The molecule has 0 unspecified atom stereocenters. The fraction of sp³-hybridized carbons (Fsp3) is 0.778. The summed E-state index contributed by atoms with van der Waals surface area (Å²) in [4.78, 5) is 0. The number of hydrogen-bond acceptors (Lipinski definition) is 2. The first-order chi connectivity index (χ1) is 6.42. The van der Waals surface area contributed by atoms with Crippen LogP contribution in [0, 0.1) is 0 Å². The lowest BCUT2D eigenvalue weighted by molar-refractivity contribution is -0.173. The Labute approximate surface area is 82.1 Å². The summed E-state index contributed by atoms with van der Waals surface area (Å²) in [5.41, 5.74) is 1.17. The van der Waals surface area contributed by atoms with E-state index < -0.39 is 12.8 Å². The van der Waals surface area contributed by atoms with Crippen molar-refractivity contribution in [1.82, 2.24) is 5.32 Å². The van der Waals surface area contributed by atoms with E-state index in [1.54, 1.807) is 0 Å². The Morgan fingerprint density at radius 2 is 2.00 bits per heavy atom. The number of rotatable bonds is 6. The highest BCUT2D eigenvalue weighted by atomic mass is 19.4. The molecule has 84 valence electrons. The Bertz CT molecular complexity index is 173. The van der Waals surface area contributed by atoms with E-state index >= 15 is 0 Å². The molecule has 0 aliphatic rings. The van der Waals surface area contributed by atoms with Crippen molar-refractivity contribution in [3.8, 4) is 0 Å². The Morgan fingerprint density at radius 3 is 2.50 bits per heavy atom. The number of alkyl halides is 3. The van der Waals surface area contributed by atoms with Gasteiger partial charge in [-0.1, -0.05) is 11.6 Å². The van der Waals surface area contributed by atoms with Crippen LogP contribution in [-0.4, -0.2) is 32.5 Å². The first-order valence-corrected chi connectivity index (χ1v) is 4.40.